The summed E-state index contributed by atoms with van der Waals surface area (Å²) in [6.45, 7) is 6.68. The lowest BCUT2D eigenvalue weighted by Gasteiger charge is -2.15. The zero-order chi connectivity index (χ0) is 19.2. The Labute approximate surface area is 164 Å². The number of aryl methyl sites for hydroxylation is 2. The molecule has 144 valence electrons. The number of tetrazole rings is 1. The van der Waals surface area contributed by atoms with Gasteiger partial charge in [-0.15, -0.1) is 5.10 Å². The van der Waals surface area contributed by atoms with Crippen LogP contribution in [0.2, 0.25) is 0 Å². The molecule has 7 heteroatoms. The Morgan fingerprint density at radius 1 is 1.33 bits per heavy atom. The summed E-state index contributed by atoms with van der Waals surface area (Å²) in [6.07, 6.45) is 8.18. The highest BCUT2D eigenvalue weighted by atomic mass is 32.2. The van der Waals surface area contributed by atoms with Gasteiger partial charge in [0.05, 0.1) is 10.9 Å². The molecule has 0 saturated heterocycles. The number of thioether (sulfide) groups is 1. The van der Waals surface area contributed by atoms with Crippen molar-refractivity contribution in [3.8, 4) is 5.69 Å². The largest absolute Gasteiger partial charge is 0.355 e. The van der Waals surface area contributed by atoms with Gasteiger partial charge in [0.2, 0.25) is 11.1 Å². The molecule has 2 aromatic rings. The van der Waals surface area contributed by atoms with Gasteiger partial charge in [-0.3, -0.25) is 4.79 Å². The SMILES string of the molecule is Cc1ccc(-n2nnnc2S[C@@H](C)C(=O)NCCC2=CCCCC2)c(C)c1. The van der Waals surface area contributed by atoms with Crippen molar-refractivity contribution < 1.29 is 4.79 Å². The van der Waals surface area contributed by atoms with Crippen LogP contribution in [0.15, 0.2) is 35.0 Å². The van der Waals surface area contributed by atoms with Crippen LogP contribution in [0, 0.1) is 13.8 Å². The van der Waals surface area contributed by atoms with Crippen molar-refractivity contribution in [2.24, 2.45) is 0 Å². The van der Waals surface area contributed by atoms with Gasteiger partial charge in [0.1, 0.15) is 0 Å². The van der Waals surface area contributed by atoms with E-state index in [4.69, 9.17) is 0 Å². The van der Waals surface area contributed by atoms with Crippen molar-refractivity contribution in [1.82, 2.24) is 25.5 Å². The van der Waals surface area contributed by atoms with Gasteiger partial charge < -0.3 is 5.32 Å². The second-order valence-corrected chi connectivity index (χ2v) is 8.38. The Balaban J connectivity index is 1.58. The number of hydrogen-bond acceptors (Lipinski definition) is 5. The van der Waals surface area contributed by atoms with Crippen LogP contribution in [0.3, 0.4) is 0 Å². The number of carbonyl (C=O) groups is 1. The minimum absolute atomic E-state index is 0.0200. The molecule has 27 heavy (non-hydrogen) atoms. The van der Waals surface area contributed by atoms with Gasteiger partial charge in [0.15, 0.2) is 0 Å². The number of nitrogens with zero attached hydrogens (tertiary/aromatic N) is 4. The maximum absolute atomic E-state index is 12.4. The second kappa shape index (κ2) is 9.17. The first-order valence-corrected chi connectivity index (χ1v) is 10.4. The zero-order valence-electron chi connectivity index (χ0n) is 16.2. The number of rotatable bonds is 7. The van der Waals surface area contributed by atoms with Crippen molar-refractivity contribution in [3.05, 3.63) is 41.0 Å². The normalized spacial score (nSPS) is 15.3. The van der Waals surface area contributed by atoms with E-state index >= 15 is 0 Å². The molecule has 6 nitrogen and oxygen atoms in total. The van der Waals surface area contributed by atoms with Crippen LogP contribution in [-0.2, 0) is 4.79 Å². The summed E-state index contributed by atoms with van der Waals surface area (Å²) in [5.74, 6) is 0.0200. The summed E-state index contributed by atoms with van der Waals surface area (Å²) >= 11 is 1.38. The molecule has 1 atom stereocenters. The average molecular weight is 386 g/mol. The zero-order valence-corrected chi connectivity index (χ0v) is 17.1. The molecule has 0 bridgehead atoms. The lowest BCUT2D eigenvalue weighted by atomic mass is 9.97. The summed E-state index contributed by atoms with van der Waals surface area (Å²) < 4.78 is 1.70. The highest BCUT2D eigenvalue weighted by Crippen LogP contribution is 2.25. The summed E-state index contributed by atoms with van der Waals surface area (Å²) in [5.41, 5.74) is 4.70. The number of allylic oxidation sites excluding steroid dienone is 1. The van der Waals surface area contributed by atoms with Gasteiger partial charge in [-0.2, -0.15) is 4.68 Å². The first-order chi connectivity index (χ1) is 13.0. The number of carbonyl (C=O) groups excluding carboxylic acids is 1. The molecule has 0 fully saturated rings. The molecule has 1 N–H and O–H groups in total. The molecule has 0 saturated carbocycles. The molecule has 1 aromatic carbocycles. The number of benzene rings is 1. The Bertz CT molecular complexity index is 830. The average Bonchev–Trinajstić information content (AvgIpc) is 3.10. The third-order valence-corrected chi connectivity index (χ3v) is 5.84. The summed E-state index contributed by atoms with van der Waals surface area (Å²) in [7, 11) is 0. The van der Waals surface area contributed by atoms with E-state index in [9.17, 15) is 4.79 Å². The van der Waals surface area contributed by atoms with E-state index in [1.54, 1.807) is 4.68 Å². The number of amides is 1. The van der Waals surface area contributed by atoms with E-state index < -0.39 is 0 Å². The van der Waals surface area contributed by atoms with E-state index in [-0.39, 0.29) is 11.2 Å². The van der Waals surface area contributed by atoms with E-state index in [1.807, 2.05) is 26.0 Å². The Morgan fingerprint density at radius 2 is 2.19 bits per heavy atom. The number of nitrogens with one attached hydrogen (secondary N) is 1. The third-order valence-electron chi connectivity index (χ3n) is 4.80. The number of hydrogen-bond donors (Lipinski definition) is 1. The molecule has 0 aliphatic heterocycles. The van der Waals surface area contributed by atoms with Gasteiger partial charge >= 0.3 is 0 Å². The predicted octanol–water partition coefficient (Wildman–Crippen LogP) is 3.77. The molecular formula is C20H27N5OS. The Morgan fingerprint density at radius 3 is 2.93 bits per heavy atom. The van der Waals surface area contributed by atoms with Crippen LogP contribution in [0.25, 0.3) is 5.69 Å². The van der Waals surface area contributed by atoms with Gasteiger partial charge in [0, 0.05) is 6.54 Å². The Kier molecular flexibility index (Phi) is 6.66. The fraction of sp³-hybridized carbons (Fsp3) is 0.500. The van der Waals surface area contributed by atoms with Crippen molar-refractivity contribution in [2.75, 3.05) is 6.54 Å². The van der Waals surface area contributed by atoms with Crippen LogP contribution < -0.4 is 5.32 Å². The first kappa shape index (κ1) is 19.6. The van der Waals surface area contributed by atoms with Crippen molar-refractivity contribution in [1.29, 1.82) is 0 Å². The first-order valence-electron chi connectivity index (χ1n) is 9.53. The van der Waals surface area contributed by atoms with Crippen LogP contribution in [0.5, 0.6) is 0 Å². The molecule has 0 unspecified atom stereocenters. The van der Waals surface area contributed by atoms with Gasteiger partial charge in [0.25, 0.3) is 0 Å². The topological polar surface area (TPSA) is 72.7 Å². The predicted molar refractivity (Wildman–Crippen MR) is 108 cm³/mol. The molecule has 1 heterocycles. The molecular weight excluding hydrogens is 358 g/mol. The number of aromatic nitrogens is 4. The second-order valence-electron chi connectivity index (χ2n) is 7.07. The van der Waals surface area contributed by atoms with Crippen molar-refractivity contribution in [3.63, 3.8) is 0 Å². The summed E-state index contributed by atoms with van der Waals surface area (Å²) in [6, 6.07) is 6.14. The quantitative estimate of drug-likeness (QED) is 0.580. The molecule has 1 aromatic heterocycles. The lowest BCUT2D eigenvalue weighted by molar-refractivity contribution is -0.120. The molecule has 1 aliphatic carbocycles. The molecule has 1 amide bonds. The van der Waals surface area contributed by atoms with Crippen LogP contribution in [0.4, 0.5) is 0 Å². The van der Waals surface area contributed by atoms with E-state index in [0.29, 0.717) is 11.7 Å². The maximum Gasteiger partial charge on any atom is 0.233 e. The minimum Gasteiger partial charge on any atom is -0.355 e. The molecule has 0 radical (unpaired) electrons. The minimum atomic E-state index is -0.263. The van der Waals surface area contributed by atoms with Crippen LogP contribution >= 0.6 is 11.8 Å². The van der Waals surface area contributed by atoms with Crippen molar-refractivity contribution >= 4 is 17.7 Å². The Hall–Kier alpha value is -2.15. The van der Waals surface area contributed by atoms with E-state index in [1.165, 1.54) is 48.6 Å². The standard InChI is InChI=1S/C20H27N5OS/c1-14-9-10-18(15(2)13-14)25-20(22-23-24-25)27-16(3)19(26)21-12-11-17-7-5-4-6-8-17/h7,9-10,13,16H,4-6,8,11-12H2,1-3H3,(H,21,26)/t16-/m0/s1. The molecule has 3 rings (SSSR count). The molecule has 1 aliphatic rings. The molecule has 0 spiro atoms. The monoisotopic (exact) mass is 385 g/mol. The lowest BCUT2D eigenvalue weighted by Crippen LogP contribution is -2.32. The van der Waals surface area contributed by atoms with Crippen molar-refractivity contribution in [2.45, 2.75) is 63.3 Å². The highest BCUT2D eigenvalue weighted by molar-refractivity contribution is 8.00. The smallest absolute Gasteiger partial charge is 0.233 e. The fourth-order valence-electron chi connectivity index (χ4n) is 3.28. The van der Waals surface area contributed by atoms with Gasteiger partial charge in [-0.05, 0) is 74.9 Å². The summed E-state index contributed by atoms with van der Waals surface area (Å²) in [5, 5.41) is 15.4. The van der Waals surface area contributed by atoms with Crippen LogP contribution in [0.1, 0.15) is 50.2 Å². The van der Waals surface area contributed by atoms with Gasteiger partial charge in [-0.1, -0.05) is 41.1 Å². The van der Waals surface area contributed by atoms with E-state index in [0.717, 1.165) is 17.7 Å². The maximum atomic E-state index is 12.4. The third kappa shape index (κ3) is 5.19. The summed E-state index contributed by atoms with van der Waals surface area (Å²) in [4.78, 5) is 12.4. The van der Waals surface area contributed by atoms with Crippen LogP contribution in [-0.4, -0.2) is 37.9 Å². The van der Waals surface area contributed by atoms with Gasteiger partial charge in [-0.25, -0.2) is 0 Å². The van der Waals surface area contributed by atoms with E-state index in [2.05, 4.69) is 39.9 Å². The fourth-order valence-corrected chi connectivity index (χ4v) is 4.10. The highest BCUT2D eigenvalue weighted by Gasteiger charge is 2.19.